The number of hydrogen-bond donors (Lipinski definition) is 2. The van der Waals surface area contributed by atoms with Gasteiger partial charge in [0.25, 0.3) is 0 Å². The van der Waals surface area contributed by atoms with Gasteiger partial charge in [0.1, 0.15) is 18.5 Å². The molecule has 1 aromatic carbocycles. The van der Waals surface area contributed by atoms with E-state index in [0.29, 0.717) is 23.4 Å². The van der Waals surface area contributed by atoms with Gasteiger partial charge in [-0.3, -0.25) is 0 Å². The summed E-state index contributed by atoms with van der Waals surface area (Å²) < 4.78 is 6.37. The van der Waals surface area contributed by atoms with E-state index in [9.17, 15) is 5.11 Å². The van der Waals surface area contributed by atoms with Crippen molar-refractivity contribution in [3.8, 4) is 5.75 Å². The minimum atomic E-state index is -0.504. The summed E-state index contributed by atoms with van der Waals surface area (Å²) in [6.07, 6.45) is 1.92. The van der Waals surface area contributed by atoms with Gasteiger partial charge in [-0.25, -0.2) is 0 Å². The van der Waals surface area contributed by atoms with E-state index >= 15 is 0 Å². The van der Waals surface area contributed by atoms with Crippen LogP contribution in [0.4, 0.5) is 0 Å². The summed E-state index contributed by atoms with van der Waals surface area (Å²) in [7, 11) is 0. The minimum Gasteiger partial charge on any atom is -0.489 e. The van der Waals surface area contributed by atoms with Crippen LogP contribution in [-0.4, -0.2) is 30.4 Å². The lowest BCUT2D eigenvalue weighted by Gasteiger charge is -2.13. The first-order chi connectivity index (χ1) is 8.15. The van der Waals surface area contributed by atoms with Gasteiger partial charge in [-0.2, -0.15) is 0 Å². The van der Waals surface area contributed by atoms with Crippen LogP contribution in [0.5, 0.6) is 5.75 Å². The molecular formula is C12H15BrClNO2. The summed E-state index contributed by atoms with van der Waals surface area (Å²) in [5, 5.41) is 13.5. The molecule has 0 aromatic heterocycles. The lowest BCUT2D eigenvalue weighted by molar-refractivity contribution is 0.106. The standard InChI is InChI=1S/C12H15BrClNO2/c13-8-1-4-12(11(14)5-8)17-7-10(16)6-15-9-2-3-9/h1,4-5,9-10,15-16H,2-3,6-7H2. The van der Waals surface area contributed by atoms with E-state index in [0.717, 1.165) is 4.47 Å². The highest BCUT2D eigenvalue weighted by molar-refractivity contribution is 9.10. The number of hydrogen-bond acceptors (Lipinski definition) is 3. The number of nitrogens with one attached hydrogen (secondary N) is 1. The molecule has 0 amide bonds. The minimum absolute atomic E-state index is 0.251. The Morgan fingerprint density at radius 3 is 2.94 bits per heavy atom. The quantitative estimate of drug-likeness (QED) is 0.846. The molecule has 17 heavy (non-hydrogen) atoms. The average molecular weight is 321 g/mol. The van der Waals surface area contributed by atoms with E-state index in [1.54, 1.807) is 12.1 Å². The van der Waals surface area contributed by atoms with E-state index in [4.69, 9.17) is 16.3 Å². The maximum absolute atomic E-state index is 9.69. The third kappa shape index (κ3) is 4.47. The van der Waals surface area contributed by atoms with Crippen molar-refractivity contribution in [3.63, 3.8) is 0 Å². The molecule has 1 aliphatic rings. The number of aliphatic hydroxyl groups is 1. The van der Waals surface area contributed by atoms with Crippen molar-refractivity contribution >= 4 is 27.5 Å². The monoisotopic (exact) mass is 319 g/mol. The molecule has 0 bridgehead atoms. The van der Waals surface area contributed by atoms with E-state index in [-0.39, 0.29) is 6.61 Å². The second kappa shape index (κ2) is 6.05. The molecule has 0 heterocycles. The van der Waals surface area contributed by atoms with E-state index in [2.05, 4.69) is 21.2 Å². The largest absolute Gasteiger partial charge is 0.489 e. The molecule has 2 N–H and O–H groups in total. The Kier molecular flexibility index (Phi) is 4.68. The number of aliphatic hydroxyl groups excluding tert-OH is 1. The fourth-order valence-electron chi connectivity index (χ4n) is 1.43. The highest BCUT2D eigenvalue weighted by Gasteiger charge is 2.21. The van der Waals surface area contributed by atoms with Crippen LogP contribution in [0.25, 0.3) is 0 Å². The molecular weight excluding hydrogens is 305 g/mol. The summed E-state index contributed by atoms with van der Waals surface area (Å²) in [5.74, 6) is 0.598. The SMILES string of the molecule is OC(CNC1CC1)COc1ccc(Br)cc1Cl. The summed E-state index contributed by atoms with van der Waals surface area (Å²) in [6, 6.07) is 6.01. The average Bonchev–Trinajstić information content (AvgIpc) is 3.09. The highest BCUT2D eigenvalue weighted by atomic mass is 79.9. The lowest BCUT2D eigenvalue weighted by atomic mass is 10.3. The second-order valence-corrected chi connectivity index (χ2v) is 5.54. The Morgan fingerprint density at radius 2 is 2.29 bits per heavy atom. The predicted octanol–water partition coefficient (Wildman–Crippen LogP) is 2.59. The van der Waals surface area contributed by atoms with Gasteiger partial charge in [0.2, 0.25) is 0 Å². The molecule has 0 aliphatic heterocycles. The molecule has 0 saturated heterocycles. The lowest BCUT2D eigenvalue weighted by Crippen LogP contribution is -2.32. The van der Waals surface area contributed by atoms with Crippen LogP contribution in [0, 0.1) is 0 Å². The molecule has 1 aromatic rings. The van der Waals surface area contributed by atoms with Gasteiger partial charge in [-0.1, -0.05) is 27.5 Å². The molecule has 5 heteroatoms. The second-order valence-electron chi connectivity index (χ2n) is 4.22. The third-order valence-electron chi connectivity index (χ3n) is 2.54. The van der Waals surface area contributed by atoms with Crippen molar-refractivity contribution in [2.45, 2.75) is 25.0 Å². The van der Waals surface area contributed by atoms with Gasteiger partial charge in [0.15, 0.2) is 0 Å². The van der Waals surface area contributed by atoms with Crippen LogP contribution in [0.3, 0.4) is 0 Å². The zero-order valence-electron chi connectivity index (χ0n) is 9.33. The van der Waals surface area contributed by atoms with E-state index in [1.165, 1.54) is 12.8 Å². The molecule has 1 unspecified atom stereocenters. The molecule has 94 valence electrons. The number of benzene rings is 1. The van der Waals surface area contributed by atoms with Gasteiger partial charge in [-0.15, -0.1) is 0 Å². The molecule has 0 spiro atoms. The summed E-state index contributed by atoms with van der Waals surface area (Å²) >= 11 is 9.32. The first kappa shape index (κ1) is 13.1. The first-order valence-corrected chi connectivity index (χ1v) is 6.81. The normalized spacial score (nSPS) is 16.9. The Bertz CT molecular complexity index is 385. The molecule has 1 aliphatic carbocycles. The van der Waals surface area contributed by atoms with Crippen molar-refractivity contribution in [2.24, 2.45) is 0 Å². The summed E-state index contributed by atoms with van der Waals surface area (Å²) in [6.45, 7) is 0.819. The van der Waals surface area contributed by atoms with Gasteiger partial charge in [-0.05, 0) is 31.0 Å². The van der Waals surface area contributed by atoms with E-state index < -0.39 is 6.10 Å². The highest BCUT2D eigenvalue weighted by Crippen LogP contribution is 2.27. The van der Waals surface area contributed by atoms with Gasteiger partial charge in [0, 0.05) is 17.1 Å². The summed E-state index contributed by atoms with van der Waals surface area (Å²) in [5.41, 5.74) is 0. The van der Waals surface area contributed by atoms with Gasteiger partial charge >= 0.3 is 0 Å². The smallest absolute Gasteiger partial charge is 0.138 e. The number of ether oxygens (including phenoxy) is 1. The number of rotatable bonds is 6. The molecule has 1 atom stereocenters. The van der Waals surface area contributed by atoms with Crippen LogP contribution in [0.2, 0.25) is 5.02 Å². The zero-order valence-corrected chi connectivity index (χ0v) is 11.7. The molecule has 2 rings (SSSR count). The third-order valence-corrected chi connectivity index (χ3v) is 3.33. The Hall–Kier alpha value is -0.290. The first-order valence-electron chi connectivity index (χ1n) is 5.64. The van der Waals surface area contributed by atoms with Crippen LogP contribution in [0.1, 0.15) is 12.8 Å². The molecule has 0 radical (unpaired) electrons. The Labute approximate surface area is 114 Å². The van der Waals surface area contributed by atoms with Crippen LogP contribution < -0.4 is 10.1 Å². The molecule has 3 nitrogen and oxygen atoms in total. The predicted molar refractivity (Wildman–Crippen MR) is 71.7 cm³/mol. The van der Waals surface area contributed by atoms with Crippen LogP contribution in [0.15, 0.2) is 22.7 Å². The number of halogens is 2. The van der Waals surface area contributed by atoms with E-state index in [1.807, 2.05) is 6.07 Å². The summed E-state index contributed by atoms with van der Waals surface area (Å²) in [4.78, 5) is 0. The zero-order chi connectivity index (χ0) is 12.3. The van der Waals surface area contributed by atoms with Crippen molar-refractivity contribution in [2.75, 3.05) is 13.2 Å². The Morgan fingerprint density at radius 1 is 1.53 bits per heavy atom. The Balaban J connectivity index is 1.75. The van der Waals surface area contributed by atoms with Crippen LogP contribution >= 0.6 is 27.5 Å². The maximum atomic E-state index is 9.69. The van der Waals surface area contributed by atoms with Crippen LogP contribution in [-0.2, 0) is 0 Å². The van der Waals surface area contributed by atoms with Gasteiger partial charge in [0.05, 0.1) is 5.02 Å². The fourth-order valence-corrected chi connectivity index (χ4v) is 2.16. The van der Waals surface area contributed by atoms with Crippen molar-refractivity contribution in [3.05, 3.63) is 27.7 Å². The fraction of sp³-hybridized carbons (Fsp3) is 0.500. The van der Waals surface area contributed by atoms with Crippen molar-refractivity contribution < 1.29 is 9.84 Å². The molecule has 1 saturated carbocycles. The van der Waals surface area contributed by atoms with Crippen molar-refractivity contribution in [1.29, 1.82) is 0 Å². The maximum Gasteiger partial charge on any atom is 0.138 e. The van der Waals surface area contributed by atoms with Crippen molar-refractivity contribution in [1.82, 2.24) is 5.32 Å². The molecule has 1 fully saturated rings. The van der Waals surface area contributed by atoms with Gasteiger partial charge < -0.3 is 15.2 Å². The topological polar surface area (TPSA) is 41.5 Å².